The third kappa shape index (κ3) is 2.36. The van der Waals surface area contributed by atoms with Gasteiger partial charge in [0.25, 0.3) is 5.91 Å². The topological polar surface area (TPSA) is 56.9 Å². The molecule has 4 nitrogen and oxygen atoms in total. The van der Waals surface area contributed by atoms with E-state index >= 15 is 0 Å². The lowest BCUT2D eigenvalue weighted by Crippen LogP contribution is -2.52. The lowest BCUT2D eigenvalue weighted by Gasteiger charge is -2.35. The summed E-state index contributed by atoms with van der Waals surface area (Å²) in [6, 6.07) is 7.79. The number of rotatable bonds is 2. The van der Waals surface area contributed by atoms with E-state index < -0.39 is 0 Å². The Bertz CT molecular complexity index is 596. The average molecular weight is 257 g/mol. The fraction of sp³-hybridized carbons (Fsp3) is 0.400. The van der Waals surface area contributed by atoms with Crippen molar-refractivity contribution >= 4 is 16.8 Å². The van der Waals surface area contributed by atoms with Crippen LogP contribution < -0.4 is 10.6 Å². The second kappa shape index (κ2) is 4.70. The van der Waals surface area contributed by atoms with E-state index in [1.165, 1.54) is 0 Å². The molecule has 1 aliphatic heterocycles. The number of aromatic amines is 1. The Morgan fingerprint density at radius 2 is 2.05 bits per heavy atom. The largest absolute Gasteiger partial charge is 0.361 e. The highest BCUT2D eigenvalue weighted by atomic mass is 16.1. The van der Waals surface area contributed by atoms with Crippen LogP contribution in [0.25, 0.3) is 10.9 Å². The second-order valence-corrected chi connectivity index (χ2v) is 5.51. The predicted molar refractivity (Wildman–Crippen MR) is 76.3 cm³/mol. The molecule has 0 unspecified atom stereocenters. The molecule has 1 amide bonds. The van der Waals surface area contributed by atoms with Crippen LogP contribution in [-0.2, 0) is 0 Å². The third-order valence-electron chi connectivity index (χ3n) is 3.95. The number of benzene rings is 1. The quantitative estimate of drug-likeness (QED) is 0.771. The lowest BCUT2D eigenvalue weighted by atomic mass is 9.90. The second-order valence-electron chi connectivity index (χ2n) is 5.51. The van der Waals surface area contributed by atoms with Gasteiger partial charge in [-0.05, 0) is 45.0 Å². The van der Waals surface area contributed by atoms with E-state index in [1.807, 2.05) is 30.5 Å². The van der Waals surface area contributed by atoms with Crippen molar-refractivity contribution in [2.45, 2.75) is 25.3 Å². The number of fused-ring (bicyclic) bond motifs is 1. The monoisotopic (exact) mass is 257 g/mol. The number of hydrogen-bond acceptors (Lipinski definition) is 2. The molecule has 4 heteroatoms. The molecule has 1 aliphatic rings. The zero-order valence-corrected chi connectivity index (χ0v) is 11.1. The summed E-state index contributed by atoms with van der Waals surface area (Å²) in [6.07, 6.45) is 3.81. The molecule has 1 aromatic carbocycles. The van der Waals surface area contributed by atoms with Crippen LogP contribution in [-0.4, -0.2) is 29.5 Å². The Morgan fingerprint density at radius 1 is 1.26 bits per heavy atom. The molecule has 3 N–H and O–H groups in total. The molecule has 100 valence electrons. The minimum atomic E-state index is -0.100. The van der Waals surface area contributed by atoms with E-state index in [0.717, 1.165) is 42.4 Å². The standard InChI is InChI=1S/C15H19N3O/c1-15(6-9-16-10-7-15)18-14(19)12-4-2-3-11-5-8-17-13(11)12/h2-5,8,16-17H,6-7,9-10H2,1H3,(H,18,19). The summed E-state index contributed by atoms with van der Waals surface area (Å²) in [7, 11) is 0. The smallest absolute Gasteiger partial charge is 0.253 e. The maximum atomic E-state index is 12.5. The Hall–Kier alpha value is -1.81. The Balaban J connectivity index is 1.85. The Labute approximate surface area is 112 Å². The summed E-state index contributed by atoms with van der Waals surface area (Å²) >= 11 is 0. The Morgan fingerprint density at radius 3 is 2.84 bits per heavy atom. The summed E-state index contributed by atoms with van der Waals surface area (Å²) in [4.78, 5) is 15.6. The van der Waals surface area contributed by atoms with Gasteiger partial charge in [-0.25, -0.2) is 0 Å². The van der Waals surface area contributed by atoms with Gasteiger partial charge in [0.1, 0.15) is 0 Å². The number of para-hydroxylation sites is 1. The highest BCUT2D eigenvalue weighted by Crippen LogP contribution is 2.21. The number of H-pyrrole nitrogens is 1. The van der Waals surface area contributed by atoms with Crippen LogP contribution in [0.5, 0.6) is 0 Å². The minimum Gasteiger partial charge on any atom is -0.361 e. The first-order chi connectivity index (χ1) is 9.18. The van der Waals surface area contributed by atoms with Crippen LogP contribution in [0.4, 0.5) is 0 Å². The van der Waals surface area contributed by atoms with E-state index in [0.29, 0.717) is 0 Å². The molecule has 1 fully saturated rings. The number of carbonyl (C=O) groups is 1. The highest BCUT2D eigenvalue weighted by molar-refractivity contribution is 6.05. The van der Waals surface area contributed by atoms with Crippen molar-refractivity contribution in [2.75, 3.05) is 13.1 Å². The zero-order chi connectivity index (χ0) is 13.3. The van der Waals surface area contributed by atoms with Crippen LogP contribution in [0, 0.1) is 0 Å². The molecule has 0 spiro atoms. The van der Waals surface area contributed by atoms with Crippen LogP contribution in [0.2, 0.25) is 0 Å². The molecule has 0 radical (unpaired) electrons. The number of nitrogens with one attached hydrogen (secondary N) is 3. The normalized spacial score (nSPS) is 18.4. The first-order valence-electron chi connectivity index (χ1n) is 6.77. The van der Waals surface area contributed by atoms with Gasteiger partial charge in [0.2, 0.25) is 0 Å². The molecule has 0 saturated carbocycles. The van der Waals surface area contributed by atoms with Gasteiger partial charge in [-0.3, -0.25) is 4.79 Å². The molecule has 0 atom stereocenters. The van der Waals surface area contributed by atoms with E-state index in [4.69, 9.17) is 0 Å². The molecule has 1 aromatic heterocycles. The maximum Gasteiger partial charge on any atom is 0.253 e. The summed E-state index contributed by atoms with van der Waals surface area (Å²) in [5, 5.41) is 7.59. The number of aromatic nitrogens is 1. The van der Waals surface area contributed by atoms with Gasteiger partial charge in [-0.1, -0.05) is 12.1 Å². The zero-order valence-electron chi connectivity index (χ0n) is 11.1. The van der Waals surface area contributed by atoms with Crippen molar-refractivity contribution in [2.24, 2.45) is 0 Å². The molecule has 19 heavy (non-hydrogen) atoms. The molecule has 0 aliphatic carbocycles. The van der Waals surface area contributed by atoms with Gasteiger partial charge in [0, 0.05) is 17.1 Å². The molecular weight excluding hydrogens is 238 g/mol. The number of hydrogen-bond donors (Lipinski definition) is 3. The van der Waals surface area contributed by atoms with Crippen LogP contribution in [0.1, 0.15) is 30.1 Å². The molecule has 3 rings (SSSR count). The van der Waals surface area contributed by atoms with Crippen molar-refractivity contribution in [3.05, 3.63) is 36.0 Å². The molecular formula is C15H19N3O. The molecule has 1 saturated heterocycles. The van der Waals surface area contributed by atoms with Crippen molar-refractivity contribution in [1.82, 2.24) is 15.6 Å². The summed E-state index contributed by atoms with van der Waals surface area (Å²) < 4.78 is 0. The first-order valence-corrected chi connectivity index (χ1v) is 6.77. The molecule has 2 heterocycles. The van der Waals surface area contributed by atoms with Crippen molar-refractivity contribution in [3.63, 3.8) is 0 Å². The fourth-order valence-corrected chi connectivity index (χ4v) is 2.72. The first kappa shape index (κ1) is 12.2. The Kier molecular flexibility index (Phi) is 3.03. The van der Waals surface area contributed by atoms with Gasteiger partial charge >= 0.3 is 0 Å². The number of amides is 1. The van der Waals surface area contributed by atoms with E-state index in [1.54, 1.807) is 0 Å². The summed E-state index contributed by atoms with van der Waals surface area (Å²) in [5.41, 5.74) is 1.54. The fourth-order valence-electron chi connectivity index (χ4n) is 2.72. The average Bonchev–Trinajstić information content (AvgIpc) is 2.86. The highest BCUT2D eigenvalue weighted by Gasteiger charge is 2.29. The lowest BCUT2D eigenvalue weighted by molar-refractivity contribution is 0.0889. The van der Waals surface area contributed by atoms with Crippen molar-refractivity contribution in [3.8, 4) is 0 Å². The van der Waals surface area contributed by atoms with Gasteiger partial charge in [0.05, 0.1) is 11.1 Å². The van der Waals surface area contributed by atoms with E-state index in [-0.39, 0.29) is 11.4 Å². The van der Waals surface area contributed by atoms with Crippen molar-refractivity contribution in [1.29, 1.82) is 0 Å². The van der Waals surface area contributed by atoms with Gasteiger partial charge in [-0.2, -0.15) is 0 Å². The van der Waals surface area contributed by atoms with Gasteiger partial charge in [0.15, 0.2) is 0 Å². The maximum absolute atomic E-state index is 12.5. The summed E-state index contributed by atoms with van der Waals surface area (Å²) in [5.74, 6) is 0.0115. The third-order valence-corrected chi connectivity index (χ3v) is 3.95. The van der Waals surface area contributed by atoms with E-state index in [9.17, 15) is 4.79 Å². The number of carbonyl (C=O) groups excluding carboxylic acids is 1. The van der Waals surface area contributed by atoms with Crippen LogP contribution >= 0.6 is 0 Å². The van der Waals surface area contributed by atoms with Crippen molar-refractivity contribution < 1.29 is 4.79 Å². The van der Waals surface area contributed by atoms with Crippen LogP contribution in [0.15, 0.2) is 30.5 Å². The van der Waals surface area contributed by atoms with Crippen LogP contribution in [0.3, 0.4) is 0 Å². The predicted octanol–water partition coefficient (Wildman–Crippen LogP) is 2.04. The van der Waals surface area contributed by atoms with E-state index in [2.05, 4.69) is 22.5 Å². The van der Waals surface area contributed by atoms with Gasteiger partial charge < -0.3 is 15.6 Å². The SMILES string of the molecule is CC1(NC(=O)c2cccc3cc[nH]c23)CCNCC1. The minimum absolute atomic E-state index is 0.0115. The molecule has 0 bridgehead atoms. The number of piperidine rings is 1. The van der Waals surface area contributed by atoms with Gasteiger partial charge in [-0.15, -0.1) is 0 Å². The molecule has 2 aromatic rings. The summed E-state index contributed by atoms with van der Waals surface area (Å²) in [6.45, 7) is 4.05.